The van der Waals surface area contributed by atoms with E-state index in [0.717, 1.165) is 45.6 Å². The Hall–Kier alpha value is -4.92. The molecule has 0 fully saturated rings. The highest BCUT2D eigenvalue weighted by molar-refractivity contribution is 6.04. The molecule has 1 aliphatic rings. The molecule has 4 N–H and O–H groups in total. The summed E-state index contributed by atoms with van der Waals surface area (Å²) >= 11 is 0. The Morgan fingerprint density at radius 2 is 1.77 bits per heavy atom. The fraction of sp³-hybridized carbons (Fsp3) is 0.0769. The summed E-state index contributed by atoms with van der Waals surface area (Å²) in [5.41, 5.74) is 12.3. The second-order valence-electron chi connectivity index (χ2n) is 8.16. The van der Waals surface area contributed by atoms with Crippen molar-refractivity contribution >= 4 is 45.8 Å². The Morgan fingerprint density at radius 1 is 0.886 bits per heavy atom. The minimum atomic E-state index is -0.278. The van der Waals surface area contributed by atoms with Gasteiger partial charge in [0.2, 0.25) is 5.95 Å². The maximum Gasteiger partial charge on any atom is 0.295 e. The van der Waals surface area contributed by atoms with Gasteiger partial charge in [-0.25, -0.2) is 4.98 Å². The van der Waals surface area contributed by atoms with Crippen molar-refractivity contribution in [1.29, 1.82) is 0 Å². The number of nitrogens with one attached hydrogen (secondary N) is 4. The maximum absolute atomic E-state index is 11.8. The lowest BCUT2D eigenvalue weighted by atomic mass is 10.0. The number of anilines is 5. The van der Waals surface area contributed by atoms with Gasteiger partial charge in [0, 0.05) is 17.1 Å². The van der Waals surface area contributed by atoms with Crippen LogP contribution in [0, 0.1) is 0 Å². The Bertz CT molecular complexity index is 1560. The normalized spacial score (nSPS) is 12.2. The standard InChI is InChI=1S/C26H21N8O/c1-2-17-14-23(33-31-17)29-24-20-12-16(15-6-4-3-5-7-15)8-11-21(20)28-26(30-24)27-18-9-10-19-22(13-18)32-34-25(19)35/h3-14,32H,2H2,1H3,(H3,27,28,29,30,31,33). The van der Waals surface area contributed by atoms with Gasteiger partial charge in [0.05, 0.1) is 22.5 Å². The first-order valence-corrected chi connectivity index (χ1v) is 11.3. The SMILES string of the molecule is CCc1cc(Nc2nc(Nc3ccc4c(c3)N[N]C4=O)nc3ccc(-c4ccccc4)cc23)[nH]n1. The van der Waals surface area contributed by atoms with E-state index >= 15 is 0 Å². The molecule has 0 saturated carbocycles. The van der Waals surface area contributed by atoms with Crippen LogP contribution in [0.5, 0.6) is 0 Å². The molecular weight excluding hydrogens is 440 g/mol. The van der Waals surface area contributed by atoms with E-state index in [9.17, 15) is 4.79 Å². The Balaban J connectivity index is 1.41. The molecule has 0 saturated heterocycles. The zero-order chi connectivity index (χ0) is 23.8. The molecule has 171 valence electrons. The van der Waals surface area contributed by atoms with Crippen LogP contribution >= 0.6 is 0 Å². The molecule has 0 aliphatic carbocycles. The van der Waals surface area contributed by atoms with E-state index in [-0.39, 0.29) is 5.91 Å². The van der Waals surface area contributed by atoms with Gasteiger partial charge in [0.15, 0.2) is 0 Å². The highest BCUT2D eigenvalue weighted by Gasteiger charge is 2.21. The number of hydrogen-bond acceptors (Lipinski definition) is 7. The summed E-state index contributed by atoms with van der Waals surface area (Å²) in [7, 11) is 0. The molecule has 0 bridgehead atoms. The van der Waals surface area contributed by atoms with Crippen LogP contribution in [-0.2, 0) is 6.42 Å². The molecule has 35 heavy (non-hydrogen) atoms. The van der Waals surface area contributed by atoms with Crippen LogP contribution in [0.2, 0.25) is 0 Å². The van der Waals surface area contributed by atoms with Crippen molar-refractivity contribution in [3.8, 4) is 11.1 Å². The van der Waals surface area contributed by atoms with Crippen LogP contribution in [0.25, 0.3) is 22.0 Å². The monoisotopic (exact) mass is 461 g/mol. The van der Waals surface area contributed by atoms with E-state index in [1.54, 1.807) is 12.1 Å². The third-order valence-corrected chi connectivity index (χ3v) is 5.83. The van der Waals surface area contributed by atoms with Crippen molar-refractivity contribution in [1.82, 2.24) is 25.6 Å². The lowest BCUT2D eigenvalue weighted by molar-refractivity contribution is 0.0969. The van der Waals surface area contributed by atoms with Gasteiger partial charge in [0.1, 0.15) is 11.6 Å². The molecule has 2 aromatic heterocycles. The van der Waals surface area contributed by atoms with Crippen molar-refractivity contribution in [2.45, 2.75) is 13.3 Å². The van der Waals surface area contributed by atoms with Crippen LogP contribution in [0.4, 0.5) is 29.0 Å². The lowest BCUT2D eigenvalue weighted by Crippen LogP contribution is -2.10. The van der Waals surface area contributed by atoms with Crippen LogP contribution in [0.1, 0.15) is 23.0 Å². The topological polar surface area (TPSA) is 122 Å². The molecule has 3 aromatic carbocycles. The van der Waals surface area contributed by atoms with Crippen molar-refractivity contribution in [2.24, 2.45) is 0 Å². The highest BCUT2D eigenvalue weighted by atomic mass is 16.2. The van der Waals surface area contributed by atoms with Crippen LogP contribution in [0.3, 0.4) is 0 Å². The minimum absolute atomic E-state index is 0.278. The molecule has 9 heteroatoms. The number of nitrogens with zero attached hydrogens (tertiary/aromatic N) is 4. The summed E-state index contributed by atoms with van der Waals surface area (Å²) < 4.78 is 0. The Kier molecular flexibility index (Phi) is 4.99. The van der Waals surface area contributed by atoms with Crippen LogP contribution < -0.4 is 21.5 Å². The largest absolute Gasteiger partial charge is 0.325 e. The quantitative estimate of drug-likeness (QED) is 0.276. The number of rotatable bonds is 6. The van der Waals surface area contributed by atoms with Gasteiger partial charge in [-0.05, 0) is 47.9 Å². The molecule has 5 aromatic rings. The average molecular weight is 462 g/mol. The molecule has 9 nitrogen and oxygen atoms in total. The van der Waals surface area contributed by atoms with E-state index in [2.05, 4.69) is 62.9 Å². The van der Waals surface area contributed by atoms with Crippen LogP contribution in [-0.4, -0.2) is 26.1 Å². The lowest BCUT2D eigenvalue weighted by Gasteiger charge is -2.13. The average Bonchev–Trinajstić information content (AvgIpc) is 3.50. The van der Waals surface area contributed by atoms with E-state index < -0.39 is 0 Å². The zero-order valence-corrected chi connectivity index (χ0v) is 18.8. The first-order valence-electron chi connectivity index (χ1n) is 11.3. The van der Waals surface area contributed by atoms with Gasteiger partial charge in [-0.15, -0.1) is 5.43 Å². The summed E-state index contributed by atoms with van der Waals surface area (Å²) in [5, 5.41) is 14.8. The number of carbonyl (C=O) groups is 1. The molecule has 0 unspecified atom stereocenters. The van der Waals surface area contributed by atoms with E-state index in [1.807, 2.05) is 36.4 Å². The first kappa shape index (κ1) is 20.7. The second kappa shape index (κ2) is 8.45. The molecule has 1 amide bonds. The fourth-order valence-corrected chi connectivity index (χ4v) is 4.03. The number of aromatic nitrogens is 4. The van der Waals surface area contributed by atoms with Gasteiger partial charge in [-0.1, -0.05) is 43.3 Å². The van der Waals surface area contributed by atoms with Crippen molar-refractivity contribution in [3.05, 3.63) is 84.1 Å². The van der Waals surface area contributed by atoms with Gasteiger partial charge in [-0.3, -0.25) is 15.3 Å². The van der Waals surface area contributed by atoms with E-state index in [0.29, 0.717) is 23.0 Å². The summed E-state index contributed by atoms with van der Waals surface area (Å²) in [6.45, 7) is 2.06. The summed E-state index contributed by atoms with van der Waals surface area (Å²) in [5.74, 6) is 1.54. The summed E-state index contributed by atoms with van der Waals surface area (Å²) in [4.78, 5) is 21.3. The Labute approximate surface area is 201 Å². The van der Waals surface area contributed by atoms with Gasteiger partial charge in [-0.2, -0.15) is 10.1 Å². The van der Waals surface area contributed by atoms with Crippen molar-refractivity contribution in [2.75, 3.05) is 16.1 Å². The van der Waals surface area contributed by atoms with Gasteiger partial charge in [0.25, 0.3) is 5.91 Å². The molecule has 3 heterocycles. The predicted molar refractivity (Wildman–Crippen MR) is 136 cm³/mol. The predicted octanol–water partition coefficient (Wildman–Crippen LogP) is 5.15. The molecule has 0 spiro atoms. The number of fused-ring (bicyclic) bond motifs is 2. The van der Waals surface area contributed by atoms with Crippen LogP contribution in [0.15, 0.2) is 72.8 Å². The van der Waals surface area contributed by atoms with Gasteiger partial charge < -0.3 is 10.6 Å². The minimum Gasteiger partial charge on any atom is -0.325 e. The Morgan fingerprint density at radius 3 is 2.60 bits per heavy atom. The second-order valence-corrected chi connectivity index (χ2v) is 8.16. The maximum atomic E-state index is 11.8. The molecule has 0 atom stereocenters. The molecule has 1 aliphatic heterocycles. The number of benzene rings is 3. The fourth-order valence-electron chi connectivity index (χ4n) is 4.03. The number of hydrogen-bond donors (Lipinski definition) is 4. The first-order chi connectivity index (χ1) is 17.2. The molecular formula is C26H21N8O. The van der Waals surface area contributed by atoms with Gasteiger partial charge >= 0.3 is 0 Å². The third-order valence-electron chi connectivity index (χ3n) is 5.83. The summed E-state index contributed by atoms with van der Waals surface area (Å²) in [6.07, 6.45) is 0.828. The van der Waals surface area contributed by atoms with Crippen molar-refractivity contribution in [3.63, 3.8) is 0 Å². The highest BCUT2D eigenvalue weighted by Crippen LogP contribution is 2.31. The number of amides is 1. The molecule has 1 radical (unpaired) electrons. The number of H-pyrrole nitrogens is 1. The summed E-state index contributed by atoms with van der Waals surface area (Å²) in [6, 6.07) is 23.6. The number of aromatic amines is 1. The molecule has 6 rings (SSSR count). The van der Waals surface area contributed by atoms with Crippen molar-refractivity contribution < 1.29 is 4.79 Å². The third kappa shape index (κ3) is 3.99. The number of aryl methyl sites for hydroxylation is 1. The number of carbonyl (C=O) groups excluding carboxylic acids is 1. The zero-order valence-electron chi connectivity index (χ0n) is 18.8. The smallest absolute Gasteiger partial charge is 0.295 e. The van der Waals surface area contributed by atoms with E-state index in [4.69, 9.17) is 9.97 Å². The van der Waals surface area contributed by atoms with E-state index in [1.165, 1.54) is 0 Å².